The summed E-state index contributed by atoms with van der Waals surface area (Å²) in [5, 5.41) is 16.0. The van der Waals surface area contributed by atoms with Gasteiger partial charge in [0.05, 0.1) is 0 Å². The molecule has 0 aromatic heterocycles. The minimum Gasteiger partial charge on any atom is -0.508 e. The van der Waals surface area contributed by atoms with E-state index in [1.165, 1.54) is 0 Å². The average molecular weight is 550 g/mol. The lowest BCUT2D eigenvalue weighted by atomic mass is 9.94. The molecule has 38 heavy (non-hydrogen) atoms. The predicted octanol–water partition coefficient (Wildman–Crippen LogP) is 5.42. The Bertz CT molecular complexity index is 927. The highest BCUT2D eigenvalue weighted by molar-refractivity contribution is 7.80. The van der Waals surface area contributed by atoms with Gasteiger partial charge in [-0.25, -0.2) is 4.79 Å². The number of amides is 3. The van der Waals surface area contributed by atoms with Gasteiger partial charge in [0.1, 0.15) is 23.4 Å². The molecule has 1 fully saturated rings. The van der Waals surface area contributed by atoms with Crippen LogP contribution in [0.2, 0.25) is 0 Å². The molecular formula is C29H47N3O5S. The number of phenols is 1. The minimum atomic E-state index is -0.970. The number of alkyl carbamates (subject to hydrolysis) is 1. The van der Waals surface area contributed by atoms with E-state index < -0.39 is 29.7 Å². The molecular weight excluding hydrogens is 502 g/mol. The van der Waals surface area contributed by atoms with Crippen molar-refractivity contribution in [1.29, 1.82) is 0 Å². The van der Waals surface area contributed by atoms with Gasteiger partial charge in [0, 0.05) is 18.3 Å². The minimum absolute atomic E-state index is 0.0507. The third-order valence-corrected chi connectivity index (χ3v) is 7.12. The van der Waals surface area contributed by atoms with Gasteiger partial charge in [-0.1, -0.05) is 51.5 Å². The lowest BCUT2D eigenvalue weighted by Gasteiger charge is -2.35. The van der Waals surface area contributed by atoms with E-state index in [1.807, 2.05) is 0 Å². The molecule has 0 saturated heterocycles. The Hall–Kier alpha value is -2.42. The largest absolute Gasteiger partial charge is 0.508 e. The molecule has 8 nitrogen and oxygen atoms in total. The zero-order chi connectivity index (χ0) is 28.3. The Morgan fingerprint density at radius 1 is 1.13 bits per heavy atom. The smallest absolute Gasteiger partial charge is 0.408 e. The molecule has 9 heteroatoms. The number of carbonyl (C=O) groups is 3. The molecule has 1 aliphatic carbocycles. The number of nitrogens with zero attached hydrogens (tertiary/aromatic N) is 1. The number of unbranched alkanes of at least 4 members (excludes halogenated alkanes) is 3. The van der Waals surface area contributed by atoms with Crippen LogP contribution in [0, 0.1) is 6.92 Å². The quantitative estimate of drug-likeness (QED) is 0.206. The van der Waals surface area contributed by atoms with Crippen LogP contribution in [0.25, 0.3) is 0 Å². The molecule has 2 rings (SSSR count). The number of nitrogens with one attached hydrogen (secondary N) is 2. The standard InChI is InChI=1S/C29H47N3O5S/c1-6-7-8-12-17-32(27(35)23(19-38)31-28(36)37-29(3,4)5)25(21-15-16-24(33)20(2)18-21)26(34)30-22-13-10-9-11-14-22/h15-16,18,22-23,25,33,38H,6-14,17,19H2,1-5H3,(H,30,34)(H,31,36). The number of thiol groups is 1. The predicted molar refractivity (Wildman–Crippen MR) is 153 cm³/mol. The third-order valence-electron chi connectivity index (χ3n) is 6.76. The van der Waals surface area contributed by atoms with E-state index in [1.54, 1.807) is 50.8 Å². The molecule has 214 valence electrons. The molecule has 0 heterocycles. The summed E-state index contributed by atoms with van der Waals surface area (Å²) >= 11 is 4.35. The van der Waals surface area contributed by atoms with Crippen molar-refractivity contribution in [3.63, 3.8) is 0 Å². The average Bonchev–Trinajstić information content (AvgIpc) is 2.85. The Morgan fingerprint density at radius 3 is 2.39 bits per heavy atom. The lowest BCUT2D eigenvalue weighted by Crippen LogP contribution is -2.54. The number of aryl methyl sites for hydroxylation is 1. The normalized spacial score (nSPS) is 15.8. The molecule has 0 radical (unpaired) electrons. The molecule has 2 atom stereocenters. The summed E-state index contributed by atoms with van der Waals surface area (Å²) in [5.41, 5.74) is 0.515. The second-order valence-corrected chi connectivity index (χ2v) is 11.6. The van der Waals surface area contributed by atoms with Gasteiger partial charge in [-0.15, -0.1) is 0 Å². The highest BCUT2D eigenvalue weighted by atomic mass is 32.1. The van der Waals surface area contributed by atoms with Crippen LogP contribution in [-0.2, 0) is 14.3 Å². The van der Waals surface area contributed by atoms with Crippen LogP contribution in [0.3, 0.4) is 0 Å². The van der Waals surface area contributed by atoms with Crippen LogP contribution in [0.5, 0.6) is 5.75 Å². The maximum absolute atomic E-state index is 14.0. The molecule has 0 spiro atoms. The van der Waals surface area contributed by atoms with Crippen molar-refractivity contribution >= 4 is 30.5 Å². The number of hydrogen-bond donors (Lipinski definition) is 4. The first-order valence-electron chi connectivity index (χ1n) is 14.0. The highest BCUT2D eigenvalue weighted by Crippen LogP contribution is 2.29. The van der Waals surface area contributed by atoms with Crippen LogP contribution in [0.15, 0.2) is 18.2 Å². The van der Waals surface area contributed by atoms with Crippen molar-refractivity contribution in [2.24, 2.45) is 0 Å². The third kappa shape index (κ3) is 10.0. The Balaban J connectivity index is 2.43. The van der Waals surface area contributed by atoms with E-state index in [-0.39, 0.29) is 23.5 Å². The van der Waals surface area contributed by atoms with Gasteiger partial charge in [-0.2, -0.15) is 12.6 Å². The first-order valence-corrected chi connectivity index (χ1v) is 14.6. The SMILES string of the molecule is CCCCCCN(C(=O)C(CS)NC(=O)OC(C)(C)C)C(C(=O)NC1CCCCC1)c1ccc(O)c(C)c1. The Morgan fingerprint density at radius 2 is 1.82 bits per heavy atom. The fourth-order valence-electron chi connectivity index (χ4n) is 4.76. The number of aromatic hydroxyl groups is 1. The van der Waals surface area contributed by atoms with E-state index in [9.17, 15) is 19.5 Å². The summed E-state index contributed by atoms with van der Waals surface area (Å²) < 4.78 is 5.37. The second-order valence-electron chi connectivity index (χ2n) is 11.3. The molecule has 3 amide bonds. The number of rotatable bonds is 12. The van der Waals surface area contributed by atoms with Crippen molar-refractivity contribution in [3.05, 3.63) is 29.3 Å². The van der Waals surface area contributed by atoms with Gasteiger partial charge in [-0.05, 0) is 70.2 Å². The maximum Gasteiger partial charge on any atom is 0.408 e. The van der Waals surface area contributed by atoms with Crippen LogP contribution in [-0.4, -0.2) is 57.9 Å². The van der Waals surface area contributed by atoms with Crippen LogP contribution in [0.4, 0.5) is 4.79 Å². The van der Waals surface area contributed by atoms with Crippen molar-refractivity contribution in [3.8, 4) is 5.75 Å². The first kappa shape index (κ1) is 31.8. The number of ether oxygens (including phenoxy) is 1. The van der Waals surface area contributed by atoms with Gasteiger partial charge in [-0.3, -0.25) is 9.59 Å². The zero-order valence-corrected chi connectivity index (χ0v) is 24.6. The van der Waals surface area contributed by atoms with E-state index in [0.717, 1.165) is 57.8 Å². The summed E-state index contributed by atoms with van der Waals surface area (Å²) in [6.07, 6.45) is 8.10. The summed E-state index contributed by atoms with van der Waals surface area (Å²) in [5.74, 6) is -0.464. The van der Waals surface area contributed by atoms with Crippen LogP contribution in [0.1, 0.15) is 103 Å². The molecule has 3 N–H and O–H groups in total. The number of benzene rings is 1. The Kier molecular flexibility index (Phi) is 12.8. The maximum atomic E-state index is 14.0. The van der Waals surface area contributed by atoms with Crippen LogP contribution >= 0.6 is 12.6 Å². The lowest BCUT2D eigenvalue weighted by molar-refractivity contribution is -0.142. The van der Waals surface area contributed by atoms with E-state index in [0.29, 0.717) is 17.7 Å². The highest BCUT2D eigenvalue weighted by Gasteiger charge is 2.36. The van der Waals surface area contributed by atoms with E-state index in [2.05, 4.69) is 30.2 Å². The molecule has 1 aliphatic rings. The molecule has 1 aromatic rings. The fourth-order valence-corrected chi connectivity index (χ4v) is 5.01. The molecule has 1 aromatic carbocycles. The molecule has 2 unspecified atom stereocenters. The van der Waals surface area contributed by atoms with Crippen molar-refractivity contribution in [2.75, 3.05) is 12.3 Å². The van der Waals surface area contributed by atoms with Crippen molar-refractivity contribution in [1.82, 2.24) is 15.5 Å². The molecule has 1 saturated carbocycles. The summed E-state index contributed by atoms with van der Waals surface area (Å²) in [7, 11) is 0. The van der Waals surface area contributed by atoms with Gasteiger partial charge in [0.2, 0.25) is 11.8 Å². The van der Waals surface area contributed by atoms with Crippen molar-refractivity contribution in [2.45, 2.75) is 116 Å². The number of carbonyl (C=O) groups excluding carboxylic acids is 3. The van der Waals surface area contributed by atoms with Crippen molar-refractivity contribution < 1.29 is 24.2 Å². The van der Waals surface area contributed by atoms with Gasteiger partial charge in [0.15, 0.2) is 0 Å². The summed E-state index contributed by atoms with van der Waals surface area (Å²) in [6.45, 7) is 9.49. The molecule has 0 aliphatic heterocycles. The fraction of sp³-hybridized carbons (Fsp3) is 0.690. The van der Waals surface area contributed by atoms with E-state index in [4.69, 9.17) is 4.74 Å². The van der Waals surface area contributed by atoms with E-state index >= 15 is 0 Å². The zero-order valence-electron chi connectivity index (χ0n) is 23.7. The van der Waals surface area contributed by atoms with Gasteiger partial charge < -0.3 is 25.4 Å². The monoisotopic (exact) mass is 549 g/mol. The number of phenolic OH excluding ortho intramolecular Hbond substituents is 1. The summed E-state index contributed by atoms with van der Waals surface area (Å²) in [4.78, 5) is 41.9. The topological polar surface area (TPSA) is 108 Å². The first-order chi connectivity index (χ1) is 18.0. The second kappa shape index (κ2) is 15.2. The van der Waals surface area contributed by atoms with Crippen LogP contribution < -0.4 is 10.6 Å². The summed E-state index contributed by atoms with van der Waals surface area (Å²) in [6, 6.07) is 3.19. The Labute approximate surface area is 233 Å². The van der Waals surface area contributed by atoms with Gasteiger partial charge >= 0.3 is 6.09 Å². The van der Waals surface area contributed by atoms with Gasteiger partial charge in [0.25, 0.3) is 0 Å². The molecule has 0 bridgehead atoms. The number of hydrogen-bond acceptors (Lipinski definition) is 6.